The first-order valence-corrected chi connectivity index (χ1v) is 8.57. The minimum Gasteiger partial charge on any atom is -0.357 e. The van der Waals surface area contributed by atoms with Gasteiger partial charge in [-0.15, -0.1) is 24.0 Å². The Bertz CT molecular complexity index is 711. The van der Waals surface area contributed by atoms with E-state index in [1.54, 1.807) is 0 Å². The molecular weight excluding hydrogens is 470 g/mol. The fourth-order valence-corrected chi connectivity index (χ4v) is 2.42. The molecule has 27 heavy (non-hydrogen) atoms. The lowest BCUT2D eigenvalue weighted by Gasteiger charge is -2.11. The number of benzene rings is 1. The molecule has 2 aromatic rings. The van der Waals surface area contributed by atoms with Gasteiger partial charge >= 0.3 is 6.18 Å². The lowest BCUT2D eigenvalue weighted by Crippen LogP contribution is -2.37. The summed E-state index contributed by atoms with van der Waals surface area (Å²) in [4.78, 5) is 4.42. The van der Waals surface area contributed by atoms with Crippen molar-refractivity contribution in [3.05, 3.63) is 52.8 Å². The molecule has 0 unspecified atom stereocenters. The van der Waals surface area contributed by atoms with Crippen molar-refractivity contribution < 1.29 is 13.2 Å². The van der Waals surface area contributed by atoms with Crippen LogP contribution < -0.4 is 10.6 Å². The van der Waals surface area contributed by atoms with Crippen LogP contribution in [-0.2, 0) is 19.1 Å². The van der Waals surface area contributed by atoms with E-state index >= 15 is 0 Å². The number of alkyl halides is 3. The van der Waals surface area contributed by atoms with E-state index in [9.17, 15) is 13.2 Å². The maximum absolute atomic E-state index is 12.6. The summed E-state index contributed by atoms with van der Waals surface area (Å²) < 4.78 is 37.7. The van der Waals surface area contributed by atoms with Gasteiger partial charge in [0.15, 0.2) is 5.96 Å². The van der Waals surface area contributed by atoms with E-state index in [1.807, 2.05) is 20.0 Å². The number of aryl methyl sites for hydroxylation is 2. The number of guanidine groups is 1. The van der Waals surface area contributed by atoms with Crippen LogP contribution in [0.2, 0.25) is 0 Å². The molecule has 1 heterocycles. The topological polar surface area (TPSA) is 65.1 Å². The van der Waals surface area contributed by atoms with Crippen LogP contribution in [0.1, 0.15) is 35.7 Å². The van der Waals surface area contributed by atoms with Crippen LogP contribution in [0.3, 0.4) is 0 Å². The molecular formula is C18H25F3IN5. The molecule has 9 heteroatoms. The molecule has 2 rings (SSSR count). The first-order valence-electron chi connectivity index (χ1n) is 8.57. The van der Waals surface area contributed by atoms with E-state index in [4.69, 9.17) is 0 Å². The highest BCUT2D eigenvalue weighted by Gasteiger charge is 2.29. The quantitative estimate of drug-likeness (QED) is 0.235. The Morgan fingerprint density at radius 3 is 2.44 bits per heavy atom. The number of H-pyrrole nitrogens is 1. The van der Waals surface area contributed by atoms with Gasteiger partial charge in [0, 0.05) is 18.8 Å². The summed E-state index contributed by atoms with van der Waals surface area (Å²) in [7, 11) is 0. The number of nitrogens with one attached hydrogen (secondary N) is 3. The molecule has 5 nitrogen and oxygen atoms in total. The largest absolute Gasteiger partial charge is 0.416 e. The Kier molecular flexibility index (Phi) is 9.61. The summed E-state index contributed by atoms with van der Waals surface area (Å²) >= 11 is 0. The first kappa shape index (κ1) is 23.3. The number of halogens is 4. The molecule has 0 spiro atoms. The molecule has 0 aliphatic heterocycles. The van der Waals surface area contributed by atoms with Crippen LogP contribution in [0, 0.1) is 6.92 Å². The summed E-state index contributed by atoms with van der Waals surface area (Å²) in [6.45, 7) is 5.72. The molecule has 0 saturated heterocycles. The third-order valence-electron chi connectivity index (χ3n) is 3.89. The molecule has 1 aromatic carbocycles. The van der Waals surface area contributed by atoms with Gasteiger partial charge in [0.1, 0.15) is 0 Å². The van der Waals surface area contributed by atoms with E-state index in [0.29, 0.717) is 19.0 Å². The third kappa shape index (κ3) is 7.77. The Morgan fingerprint density at radius 1 is 1.19 bits per heavy atom. The van der Waals surface area contributed by atoms with Crippen molar-refractivity contribution in [1.82, 2.24) is 20.8 Å². The van der Waals surface area contributed by atoms with Crippen LogP contribution >= 0.6 is 24.0 Å². The second kappa shape index (κ2) is 11.2. The van der Waals surface area contributed by atoms with Gasteiger partial charge in [-0.2, -0.15) is 18.3 Å². The summed E-state index contributed by atoms with van der Waals surface area (Å²) in [5, 5.41) is 13.3. The second-order valence-electron chi connectivity index (χ2n) is 5.94. The number of aromatic nitrogens is 2. The molecule has 3 N–H and O–H groups in total. The van der Waals surface area contributed by atoms with Gasteiger partial charge in [0.05, 0.1) is 18.3 Å². The zero-order valence-corrected chi connectivity index (χ0v) is 17.7. The van der Waals surface area contributed by atoms with Gasteiger partial charge in [-0.3, -0.25) is 5.10 Å². The molecule has 0 amide bonds. The maximum atomic E-state index is 12.6. The standard InChI is InChI=1S/C18H24F3N5.HI/c1-3-22-17(23-10-4-5-15-12-25-26-13(15)2)24-11-14-6-8-16(9-7-14)18(19,20)21;/h6-9,12H,3-5,10-11H2,1-2H3,(H,25,26)(H2,22,23,24);1H. The average Bonchev–Trinajstić information content (AvgIpc) is 3.01. The number of aliphatic imine (C=N–C) groups is 1. The number of rotatable bonds is 7. The zero-order chi connectivity index (χ0) is 19.0. The molecule has 0 fully saturated rings. The van der Waals surface area contributed by atoms with Crippen molar-refractivity contribution in [2.75, 3.05) is 13.1 Å². The van der Waals surface area contributed by atoms with Crippen molar-refractivity contribution in [2.24, 2.45) is 4.99 Å². The summed E-state index contributed by atoms with van der Waals surface area (Å²) in [5.41, 5.74) is 2.35. The van der Waals surface area contributed by atoms with E-state index in [0.717, 1.165) is 42.8 Å². The normalized spacial score (nSPS) is 11.8. The number of aromatic amines is 1. The minimum atomic E-state index is -4.31. The molecule has 0 radical (unpaired) electrons. The van der Waals surface area contributed by atoms with E-state index < -0.39 is 11.7 Å². The van der Waals surface area contributed by atoms with Crippen LogP contribution in [0.5, 0.6) is 0 Å². The van der Waals surface area contributed by atoms with Crippen molar-refractivity contribution in [2.45, 2.75) is 39.4 Å². The van der Waals surface area contributed by atoms with Gasteiger partial charge in [-0.05, 0) is 49.9 Å². The molecule has 150 valence electrons. The predicted molar refractivity (Wildman–Crippen MR) is 111 cm³/mol. The predicted octanol–water partition coefficient (Wildman–Crippen LogP) is 4.04. The number of hydrogen-bond donors (Lipinski definition) is 3. The third-order valence-corrected chi connectivity index (χ3v) is 3.89. The second-order valence-corrected chi connectivity index (χ2v) is 5.94. The lowest BCUT2D eigenvalue weighted by molar-refractivity contribution is -0.137. The minimum absolute atomic E-state index is 0. The fraction of sp³-hybridized carbons (Fsp3) is 0.444. The molecule has 0 saturated carbocycles. The first-order chi connectivity index (χ1) is 12.4. The summed E-state index contributed by atoms with van der Waals surface area (Å²) in [5.74, 6) is 0.649. The van der Waals surface area contributed by atoms with Crippen molar-refractivity contribution in [3.63, 3.8) is 0 Å². The van der Waals surface area contributed by atoms with Crippen LogP contribution in [0.15, 0.2) is 35.5 Å². The molecule has 0 aliphatic rings. The van der Waals surface area contributed by atoms with Crippen LogP contribution in [0.25, 0.3) is 0 Å². The molecule has 0 bridgehead atoms. The number of nitrogens with zero attached hydrogens (tertiary/aromatic N) is 2. The summed E-state index contributed by atoms with van der Waals surface area (Å²) in [6.07, 6.45) is -0.649. The van der Waals surface area contributed by atoms with Gasteiger partial charge in [0.2, 0.25) is 0 Å². The van der Waals surface area contributed by atoms with Crippen molar-refractivity contribution in [1.29, 1.82) is 0 Å². The highest BCUT2D eigenvalue weighted by Crippen LogP contribution is 2.29. The Morgan fingerprint density at radius 2 is 1.89 bits per heavy atom. The van der Waals surface area contributed by atoms with E-state index in [-0.39, 0.29) is 24.0 Å². The SMILES string of the molecule is CCNC(=NCc1ccc(C(F)(F)F)cc1)NCCCc1cn[nH]c1C.I. The maximum Gasteiger partial charge on any atom is 0.416 e. The fourth-order valence-electron chi connectivity index (χ4n) is 2.42. The van der Waals surface area contributed by atoms with Gasteiger partial charge < -0.3 is 10.6 Å². The van der Waals surface area contributed by atoms with Crippen molar-refractivity contribution >= 4 is 29.9 Å². The smallest absolute Gasteiger partial charge is 0.357 e. The van der Waals surface area contributed by atoms with Crippen LogP contribution in [0.4, 0.5) is 13.2 Å². The van der Waals surface area contributed by atoms with Gasteiger partial charge in [-0.1, -0.05) is 12.1 Å². The highest BCUT2D eigenvalue weighted by atomic mass is 127. The Balaban J connectivity index is 0.00000364. The monoisotopic (exact) mass is 495 g/mol. The zero-order valence-electron chi connectivity index (χ0n) is 15.4. The van der Waals surface area contributed by atoms with Crippen LogP contribution in [-0.4, -0.2) is 29.2 Å². The van der Waals surface area contributed by atoms with Gasteiger partial charge in [0.25, 0.3) is 0 Å². The lowest BCUT2D eigenvalue weighted by atomic mass is 10.1. The molecule has 0 atom stereocenters. The Labute approximate surface area is 174 Å². The summed E-state index contributed by atoms with van der Waals surface area (Å²) in [6, 6.07) is 5.08. The molecule has 0 aliphatic carbocycles. The average molecular weight is 495 g/mol. The van der Waals surface area contributed by atoms with Gasteiger partial charge in [-0.25, -0.2) is 4.99 Å². The highest BCUT2D eigenvalue weighted by molar-refractivity contribution is 14.0. The van der Waals surface area contributed by atoms with E-state index in [1.165, 1.54) is 17.7 Å². The Hall–Kier alpha value is -1.78. The number of hydrogen-bond acceptors (Lipinski definition) is 2. The van der Waals surface area contributed by atoms with E-state index in [2.05, 4.69) is 25.8 Å². The van der Waals surface area contributed by atoms with Crippen molar-refractivity contribution in [3.8, 4) is 0 Å². The molecule has 1 aromatic heterocycles.